The molecule has 1 amide bonds. The fourth-order valence-electron chi connectivity index (χ4n) is 2.28. The summed E-state index contributed by atoms with van der Waals surface area (Å²) in [6, 6.07) is 0. The van der Waals surface area contributed by atoms with E-state index < -0.39 is 0 Å². The zero-order chi connectivity index (χ0) is 9.84. The van der Waals surface area contributed by atoms with Crippen molar-refractivity contribution in [2.45, 2.75) is 40.0 Å². The van der Waals surface area contributed by atoms with Crippen LogP contribution in [0.3, 0.4) is 0 Å². The molecule has 1 aliphatic rings. The lowest BCUT2D eigenvalue weighted by Crippen LogP contribution is -2.36. The minimum Gasteiger partial charge on any atom is -0.343 e. The van der Waals surface area contributed by atoms with Gasteiger partial charge in [0.2, 0.25) is 5.91 Å². The van der Waals surface area contributed by atoms with E-state index in [1.807, 2.05) is 4.90 Å². The molecule has 1 fully saturated rings. The molecule has 0 aromatic carbocycles. The van der Waals surface area contributed by atoms with Crippen molar-refractivity contribution in [3.63, 3.8) is 0 Å². The van der Waals surface area contributed by atoms with Gasteiger partial charge in [-0.05, 0) is 32.6 Å². The minimum absolute atomic E-state index is 0.319. The monoisotopic (exact) mass is 183 g/mol. The van der Waals surface area contributed by atoms with Gasteiger partial charge in [-0.25, -0.2) is 0 Å². The molecule has 2 unspecified atom stereocenters. The van der Waals surface area contributed by atoms with Gasteiger partial charge in [0.1, 0.15) is 0 Å². The summed E-state index contributed by atoms with van der Waals surface area (Å²) in [6.07, 6.45) is 3.58. The molecule has 0 aromatic rings. The van der Waals surface area contributed by atoms with Gasteiger partial charge in [-0.2, -0.15) is 0 Å². The van der Waals surface area contributed by atoms with Gasteiger partial charge in [0.15, 0.2) is 0 Å². The van der Waals surface area contributed by atoms with Crippen molar-refractivity contribution in [1.82, 2.24) is 4.90 Å². The van der Waals surface area contributed by atoms with Gasteiger partial charge in [-0.3, -0.25) is 4.79 Å². The maximum absolute atomic E-state index is 11.9. The normalized spacial score (nSPS) is 27.6. The van der Waals surface area contributed by atoms with Crippen LogP contribution in [0.15, 0.2) is 0 Å². The molecule has 13 heavy (non-hydrogen) atoms. The summed E-state index contributed by atoms with van der Waals surface area (Å²) in [7, 11) is 0. The van der Waals surface area contributed by atoms with Crippen LogP contribution in [0.2, 0.25) is 0 Å². The Kier molecular flexibility index (Phi) is 3.76. The predicted octanol–water partition coefficient (Wildman–Crippen LogP) is 2.29. The minimum atomic E-state index is 0.319. The Balaban J connectivity index is 2.54. The number of carbonyl (C=O) groups is 1. The number of rotatable bonds is 3. The molecule has 1 saturated carbocycles. The lowest BCUT2D eigenvalue weighted by Gasteiger charge is -2.24. The molecule has 0 saturated heterocycles. The molecule has 76 valence electrons. The van der Waals surface area contributed by atoms with Crippen molar-refractivity contribution in [3.05, 3.63) is 0 Å². The summed E-state index contributed by atoms with van der Waals surface area (Å²) in [5, 5.41) is 0. The van der Waals surface area contributed by atoms with Crippen LogP contribution in [-0.2, 0) is 4.79 Å². The quantitative estimate of drug-likeness (QED) is 0.657. The van der Waals surface area contributed by atoms with E-state index in [1.54, 1.807) is 0 Å². The zero-order valence-electron chi connectivity index (χ0n) is 9.05. The Labute approximate surface area is 81.3 Å². The van der Waals surface area contributed by atoms with Crippen molar-refractivity contribution in [1.29, 1.82) is 0 Å². The van der Waals surface area contributed by atoms with Crippen molar-refractivity contribution in [3.8, 4) is 0 Å². The summed E-state index contributed by atoms with van der Waals surface area (Å²) in [6.45, 7) is 8.04. The molecule has 2 atom stereocenters. The van der Waals surface area contributed by atoms with E-state index in [9.17, 15) is 4.79 Å². The molecule has 0 aliphatic heterocycles. The maximum Gasteiger partial charge on any atom is 0.225 e. The van der Waals surface area contributed by atoms with E-state index in [2.05, 4.69) is 20.8 Å². The van der Waals surface area contributed by atoms with Gasteiger partial charge in [0.05, 0.1) is 0 Å². The van der Waals surface area contributed by atoms with Crippen LogP contribution < -0.4 is 0 Å². The Morgan fingerprint density at radius 1 is 1.31 bits per heavy atom. The summed E-state index contributed by atoms with van der Waals surface area (Å²) < 4.78 is 0. The van der Waals surface area contributed by atoms with Gasteiger partial charge in [-0.15, -0.1) is 0 Å². The standard InChI is InChI=1S/C11H21NO/c1-4-12(5-2)11(13)10-8-6-7-9(10)3/h9-10H,4-8H2,1-3H3. The molecule has 0 aromatic heterocycles. The lowest BCUT2D eigenvalue weighted by atomic mass is 9.96. The Bertz CT molecular complexity index is 175. The smallest absolute Gasteiger partial charge is 0.225 e. The number of nitrogens with zero attached hydrogens (tertiary/aromatic N) is 1. The summed E-state index contributed by atoms with van der Waals surface area (Å²) in [4.78, 5) is 13.9. The third-order valence-electron chi connectivity index (χ3n) is 3.25. The van der Waals surface area contributed by atoms with Crippen molar-refractivity contribution < 1.29 is 4.79 Å². The number of carbonyl (C=O) groups excluding carboxylic acids is 1. The van der Waals surface area contributed by atoms with Crippen molar-refractivity contribution >= 4 is 5.91 Å². The highest BCUT2D eigenvalue weighted by Gasteiger charge is 2.31. The topological polar surface area (TPSA) is 20.3 Å². The molecule has 0 spiro atoms. The molecule has 1 rings (SSSR count). The second kappa shape index (κ2) is 4.64. The second-order valence-corrected chi connectivity index (χ2v) is 4.03. The third-order valence-corrected chi connectivity index (χ3v) is 3.25. The highest BCUT2D eigenvalue weighted by molar-refractivity contribution is 5.79. The molecule has 0 heterocycles. The average Bonchev–Trinajstić information content (AvgIpc) is 2.53. The van der Waals surface area contributed by atoms with E-state index in [-0.39, 0.29) is 0 Å². The van der Waals surface area contributed by atoms with E-state index in [4.69, 9.17) is 0 Å². The van der Waals surface area contributed by atoms with Crippen LogP contribution in [0.1, 0.15) is 40.0 Å². The van der Waals surface area contributed by atoms with Crippen LogP contribution in [-0.4, -0.2) is 23.9 Å². The molecule has 2 heteroatoms. The van der Waals surface area contributed by atoms with Gasteiger partial charge in [0, 0.05) is 19.0 Å². The van der Waals surface area contributed by atoms with Crippen molar-refractivity contribution in [2.24, 2.45) is 11.8 Å². The van der Waals surface area contributed by atoms with Crippen LogP contribution in [0, 0.1) is 11.8 Å². The highest BCUT2D eigenvalue weighted by atomic mass is 16.2. The second-order valence-electron chi connectivity index (χ2n) is 4.03. The molecule has 0 N–H and O–H groups in total. The van der Waals surface area contributed by atoms with Crippen molar-refractivity contribution in [2.75, 3.05) is 13.1 Å². The average molecular weight is 183 g/mol. The highest BCUT2D eigenvalue weighted by Crippen LogP contribution is 2.32. The van der Waals surface area contributed by atoms with Crippen LogP contribution >= 0.6 is 0 Å². The van der Waals surface area contributed by atoms with Gasteiger partial charge < -0.3 is 4.90 Å². The molecule has 1 aliphatic carbocycles. The number of hydrogen-bond acceptors (Lipinski definition) is 1. The zero-order valence-corrected chi connectivity index (χ0v) is 9.05. The van der Waals surface area contributed by atoms with E-state index in [0.29, 0.717) is 17.7 Å². The molecule has 0 radical (unpaired) electrons. The Hall–Kier alpha value is -0.530. The van der Waals surface area contributed by atoms with Crippen LogP contribution in [0.4, 0.5) is 0 Å². The SMILES string of the molecule is CCN(CC)C(=O)C1CCCC1C. The summed E-state index contributed by atoms with van der Waals surface area (Å²) >= 11 is 0. The molecular weight excluding hydrogens is 162 g/mol. The maximum atomic E-state index is 11.9. The first-order valence-corrected chi connectivity index (χ1v) is 5.49. The first-order chi connectivity index (χ1) is 6.20. The summed E-state index contributed by atoms with van der Waals surface area (Å²) in [5.74, 6) is 1.31. The first kappa shape index (κ1) is 10.6. The number of hydrogen-bond donors (Lipinski definition) is 0. The fourth-order valence-corrected chi connectivity index (χ4v) is 2.28. The molecule has 0 bridgehead atoms. The Morgan fingerprint density at radius 3 is 2.31 bits per heavy atom. The van der Waals surface area contributed by atoms with Crippen LogP contribution in [0.25, 0.3) is 0 Å². The third kappa shape index (κ3) is 2.23. The fraction of sp³-hybridized carbons (Fsp3) is 0.909. The van der Waals surface area contributed by atoms with Gasteiger partial charge in [-0.1, -0.05) is 13.3 Å². The predicted molar refractivity (Wildman–Crippen MR) is 54.4 cm³/mol. The first-order valence-electron chi connectivity index (χ1n) is 5.49. The largest absolute Gasteiger partial charge is 0.343 e. The molecular formula is C11H21NO. The van der Waals surface area contributed by atoms with Gasteiger partial charge >= 0.3 is 0 Å². The molecule has 2 nitrogen and oxygen atoms in total. The van der Waals surface area contributed by atoms with E-state index in [1.165, 1.54) is 12.8 Å². The number of amides is 1. The lowest BCUT2D eigenvalue weighted by molar-refractivity contribution is -0.136. The van der Waals surface area contributed by atoms with Crippen LogP contribution in [0.5, 0.6) is 0 Å². The summed E-state index contributed by atoms with van der Waals surface area (Å²) in [5.41, 5.74) is 0. The Morgan fingerprint density at radius 2 is 1.92 bits per heavy atom. The van der Waals surface area contributed by atoms with E-state index >= 15 is 0 Å². The van der Waals surface area contributed by atoms with Gasteiger partial charge in [0.25, 0.3) is 0 Å². The van der Waals surface area contributed by atoms with E-state index in [0.717, 1.165) is 19.5 Å².